The van der Waals surface area contributed by atoms with Crippen LogP contribution < -0.4 is 16.0 Å². The Bertz CT molecular complexity index is 488. The molecular weight excluding hydrogens is 376 g/mol. The third-order valence-corrected chi connectivity index (χ3v) is 6.20. The zero-order chi connectivity index (χ0) is 21.0. The number of hydrogen-bond donors (Lipinski definition) is 3. The first-order valence-corrected chi connectivity index (χ1v) is 11.5. The molecule has 0 radical (unpaired) electrons. The summed E-state index contributed by atoms with van der Waals surface area (Å²) in [5.74, 6) is 0.770. The zero-order valence-corrected chi connectivity index (χ0v) is 19.3. The van der Waals surface area contributed by atoms with E-state index in [1.165, 1.54) is 0 Å². The number of carbonyl (C=O) groups excluding carboxylic acids is 1. The number of rotatable bonds is 9. The molecule has 164 valence electrons. The molecule has 0 aliphatic carbocycles. The third-order valence-electron chi connectivity index (χ3n) is 4.78. The van der Waals surface area contributed by atoms with Crippen LogP contribution in [0.5, 0.6) is 0 Å². The molecule has 0 aromatic heterocycles. The number of thioether (sulfide) groups is 1. The Morgan fingerprint density at radius 3 is 2.50 bits per heavy atom. The Labute approximate surface area is 175 Å². The van der Waals surface area contributed by atoms with Gasteiger partial charge in [0.15, 0.2) is 5.96 Å². The second kappa shape index (κ2) is 12.4. The number of guanidine groups is 1. The van der Waals surface area contributed by atoms with Gasteiger partial charge in [0, 0.05) is 44.1 Å². The van der Waals surface area contributed by atoms with Gasteiger partial charge in [-0.15, -0.1) is 0 Å². The highest BCUT2D eigenvalue weighted by Gasteiger charge is 2.32. The van der Waals surface area contributed by atoms with Gasteiger partial charge in [-0.05, 0) is 46.3 Å². The second-order valence-corrected chi connectivity index (χ2v) is 9.57. The Hall–Kier alpha value is -1.15. The summed E-state index contributed by atoms with van der Waals surface area (Å²) in [6.45, 7) is 10.7. The molecule has 1 aliphatic rings. The summed E-state index contributed by atoms with van der Waals surface area (Å²) in [7, 11) is 1.78. The van der Waals surface area contributed by atoms with E-state index in [4.69, 9.17) is 9.47 Å². The van der Waals surface area contributed by atoms with Gasteiger partial charge in [0.2, 0.25) is 0 Å². The Kier molecular flexibility index (Phi) is 11.0. The predicted molar refractivity (Wildman–Crippen MR) is 118 cm³/mol. The number of nitrogens with zero attached hydrogens (tertiary/aromatic N) is 1. The molecular formula is C20H40N4O3S. The molecule has 1 saturated heterocycles. The molecule has 1 unspecified atom stereocenters. The van der Waals surface area contributed by atoms with Gasteiger partial charge < -0.3 is 25.4 Å². The maximum Gasteiger partial charge on any atom is 0.407 e. The van der Waals surface area contributed by atoms with E-state index in [1.807, 2.05) is 32.5 Å². The van der Waals surface area contributed by atoms with Gasteiger partial charge in [-0.1, -0.05) is 19.8 Å². The molecule has 0 saturated carbocycles. The summed E-state index contributed by atoms with van der Waals surface area (Å²) in [6, 6.07) is 0.0959. The van der Waals surface area contributed by atoms with E-state index in [-0.39, 0.29) is 16.9 Å². The van der Waals surface area contributed by atoms with Gasteiger partial charge in [0.25, 0.3) is 0 Å². The zero-order valence-electron chi connectivity index (χ0n) is 18.5. The molecule has 1 atom stereocenters. The maximum atomic E-state index is 12.0. The number of hydrogen-bond acceptors (Lipinski definition) is 5. The molecule has 3 N–H and O–H groups in total. The van der Waals surface area contributed by atoms with E-state index in [0.29, 0.717) is 6.54 Å². The molecule has 28 heavy (non-hydrogen) atoms. The first-order valence-electron chi connectivity index (χ1n) is 10.3. The second-order valence-electron chi connectivity index (χ2n) is 8.29. The Morgan fingerprint density at radius 1 is 1.29 bits per heavy atom. The molecule has 1 fully saturated rings. The average molecular weight is 417 g/mol. The lowest BCUT2D eigenvalue weighted by molar-refractivity contribution is 0.0523. The number of alkyl carbamates (subject to hydrolysis) is 1. The largest absolute Gasteiger partial charge is 0.444 e. The van der Waals surface area contributed by atoms with Gasteiger partial charge >= 0.3 is 6.09 Å². The molecule has 0 aromatic carbocycles. The lowest BCUT2D eigenvalue weighted by atomic mass is 9.99. The lowest BCUT2D eigenvalue weighted by Gasteiger charge is -2.36. The maximum absolute atomic E-state index is 12.0. The number of nitrogens with one attached hydrogen (secondary N) is 3. The van der Waals surface area contributed by atoms with Gasteiger partial charge in [-0.3, -0.25) is 4.99 Å². The van der Waals surface area contributed by atoms with E-state index in [0.717, 1.165) is 57.8 Å². The fourth-order valence-corrected chi connectivity index (χ4v) is 3.82. The summed E-state index contributed by atoms with van der Waals surface area (Å²) in [5, 5.41) is 9.82. The minimum atomic E-state index is -0.496. The van der Waals surface area contributed by atoms with Crippen molar-refractivity contribution < 1.29 is 14.3 Å². The van der Waals surface area contributed by atoms with Crippen molar-refractivity contribution in [2.45, 2.75) is 76.2 Å². The van der Waals surface area contributed by atoms with Gasteiger partial charge in [0.1, 0.15) is 5.60 Å². The molecule has 1 rings (SSSR count). The summed E-state index contributed by atoms with van der Waals surface area (Å²) in [4.78, 5) is 16.4. The van der Waals surface area contributed by atoms with Crippen molar-refractivity contribution in [3.8, 4) is 0 Å². The molecule has 1 heterocycles. The van der Waals surface area contributed by atoms with Gasteiger partial charge in [-0.2, -0.15) is 11.8 Å². The molecule has 0 aromatic rings. The van der Waals surface area contributed by atoms with E-state index in [1.54, 1.807) is 7.05 Å². The van der Waals surface area contributed by atoms with E-state index in [2.05, 4.69) is 34.1 Å². The topological polar surface area (TPSA) is 84.0 Å². The van der Waals surface area contributed by atoms with Crippen LogP contribution in [0, 0.1) is 0 Å². The highest BCUT2D eigenvalue weighted by molar-refractivity contribution is 8.00. The molecule has 1 aliphatic heterocycles. The number of amides is 1. The minimum absolute atomic E-state index is 0.0959. The Balaban J connectivity index is 2.57. The summed E-state index contributed by atoms with van der Waals surface area (Å²) in [5.41, 5.74) is -0.496. The molecule has 0 bridgehead atoms. The summed E-state index contributed by atoms with van der Waals surface area (Å²) < 4.78 is 11.0. The van der Waals surface area contributed by atoms with E-state index < -0.39 is 5.60 Å². The fraction of sp³-hybridized carbons (Fsp3) is 0.900. The molecule has 1 amide bonds. The van der Waals surface area contributed by atoms with Crippen molar-refractivity contribution >= 4 is 23.8 Å². The van der Waals surface area contributed by atoms with Gasteiger partial charge in [0.05, 0.1) is 0 Å². The van der Waals surface area contributed by atoms with Crippen LogP contribution >= 0.6 is 11.8 Å². The molecule has 0 spiro atoms. The highest BCUT2D eigenvalue weighted by Crippen LogP contribution is 2.32. The SMILES string of the molecule is CCCCC(CNC(=O)OC(C)(C)C)NC(=NC)NCC1(SC)CCOCC1. The Morgan fingerprint density at radius 2 is 1.96 bits per heavy atom. The van der Waals surface area contributed by atoms with Crippen LogP contribution in [-0.2, 0) is 9.47 Å². The predicted octanol–water partition coefficient (Wildman–Crippen LogP) is 3.15. The monoisotopic (exact) mass is 416 g/mol. The standard InChI is InChI=1S/C20H40N4O3S/c1-7-8-9-16(14-22-18(25)27-19(2,3)4)24-17(21-5)23-15-20(28-6)10-12-26-13-11-20/h16H,7-15H2,1-6H3,(H,22,25)(H2,21,23,24). The van der Waals surface area contributed by atoms with Crippen LogP contribution in [0.3, 0.4) is 0 Å². The van der Waals surface area contributed by atoms with Gasteiger partial charge in [-0.25, -0.2) is 4.79 Å². The number of carbonyl (C=O) groups is 1. The van der Waals surface area contributed by atoms with Crippen molar-refractivity contribution in [3.05, 3.63) is 0 Å². The number of aliphatic imine (C=N–C) groups is 1. The van der Waals surface area contributed by atoms with E-state index >= 15 is 0 Å². The van der Waals surface area contributed by atoms with Crippen LogP contribution in [0.25, 0.3) is 0 Å². The molecule has 8 heteroatoms. The summed E-state index contributed by atoms with van der Waals surface area (Å²) in [6.07, 6.45) is 6.99. The first-order chi connectivity index (χ1) is 13.2. The van der Waals surface area contributed by atoms with Crippen LogP contribution in [0.2, 0.25) is 0 Å². The van der Waals surface area contributed by atoms with Crippen molar-refractivity contribution in [2.75, 3.05) is 39.6 Å². The van der Waals surface area contributed by atoms with Crippen molar-refractivity contribution in [1.29, 1.82) is 0 Å². The third kappa shape index (κ3) is 9.87. The molecule has 7 nitrogen and oxygen atoms in total. The van der Waals surface area contributed by atoms with Crippen molar-refractivity contribution in [3.63, 3.8) is 0 Å². The average Bonchev–Trinajstić information content (AvgIpc) is 2.66. The normalized spacial score (nSPS) is 18.3. The van der Waals surface area contributed by atoms with E-state index in [9.17, 15) is 4.79 Å². The lowest BCUT2D eigenvalue weighted by Crippen LogP contribution is -2.52. The first kappa shape index (κ1) is 24.9. The smallest absolute Gasteiger partial charge is 0.407 e. The van der Waals surface area contributed by atoms with Crippen LogP contribution in [0.1, 0.15) is 59.8 Å². The fourth-order valence-electron chi connectivity index (χ4n) is 3.03. The highest BCUT2D eigenvalue weighted by atomic mass is 32.2. The summed E-state index contributed by atoms with van der Waals surface area (Å²) >= 11 is 1.90. The number of unbranched alkanes of at least 4 members (excludes halogenated alkanes) is 1. The van der Waals surface area contributed by atoms with Crippen molar-refractivity contribution in [1.82, 2.24) is 16.0 Å². The quantitative estimate of drug-likeness (QED) is 0.396. The van der Waals surface area contributed by atoms with Crippen LogP contribution in [-0.4, -0.2) is 68.0 Å². The van der Waals surface area contributed by atoms with Crippen molar-refractivity contribution in [2.24, 2.45) is 4.99 Å². The number of ether oxygens (including phenoxy) is 2. The van der Waals surface area contributed by atoms with Crippen LogP contribution in [0.15, 0.2) is 4.99 Å². The minimum Gasteiger partial charge on any atom is -0.444 e. The van der Waals surface area contributed by atoms with Crippen LogP contribution in [0.4, 0.5) is 4.79 Å².